The first-order chi connectivity index (χ1) is 7.84. The number of hydrogen-bond donors (Lipinski definition) is 1. The van der Waals surface area contributed by atoms with Crippen molar-refractivity contribution in [3.8, 4) is 0 Å². The maximum Gasteiger partial charge on any atom is 0.0125 e. The smallest absolute Gasteiger partial charge is 0.0125 e. The monoisotopic (exact) mass is 240 g/mol. The molecule has 0 heterocycles. The van der Waals surface area contributed by atoms with Crippen LogP contribution in [-0.4, -0.2) is 37.1 Å². The predicted molar refractivity (Wildman–Crippen MR) is 76.4 cm³/mol. The van der Waals surface area contributed by atoms with Gasteiger partial charge in [-0.15, -0.1) is 0 Å². The Morgan fingerprint density at radius 2 is 1.82 bits per heavy atom. The molecule has 1 atom stereocenters. The Morgan fingerprint density at radius 3 is 2.18 bits per heavy atom. The van der Waals surface area contributed by atoms with Gasteiger partial charge in [-0.05, 0) is 58.0 Å². The molecule has 0 saturated heterocycles. The zero-order valence-electron chi connectivity index (χ0n) is 12.7. The van der Waals surface area contributed by atoms with Crippen LogP contribution >= 0.6 is 0 Å². The molecule has 0 aromatic rings. The number of rotatable bonds is 7. The minimum Gasteiger partial charge on any atom is -0.316 e. The topological polar surface area (TPSA) is 15.3 Å². The van der Waals surface area contributed by atoms with E-state index in [1.807, 2.05) is 0 Å². The van der Waals surface area contributed by atoms with E-state index in [1.54, 1.807) is 0 Å². The lowest BCUT2D eigenvalue weighted by Gasteiger charge is -2.34. The summed E-state index contributed by atoms with van der Waals surface area (Å²) >= 11 is 0. The van der Waals surface area contributed by atoms with Crippen molar-refractivity contribution in [3.05, 3.63) is 0 Å². The first-order valence-corrected chi connectivity index (χ1v) is 7.26. The minimum absolute atomic E-state index is 0.358. The average molecular weight is 240 g/mol. The van der Waals surface area contributed by atoms with Crippen molar-refractivity contribution in [2.24, 2.45) is 11.3 Å². The van der Waals surface area contributed by atoms with Crippen molar-refractivity contribution in [2.45, 2.75) is 66.0 Å². The fraction of sp³-hybridized carbons (Fsp3) is 1.00. The highest BCUT2D eigenvalue weighted by Crippen LogP contribution is 2.30. The molecule has 0 aliphatic heterocycles. The summed E-state index contributed by atoms with van der Waals surface area (Å²) in [5, 5.41) is 3.48. The summed E-state index contributed by atoms with van der Waals surface area (Å²) in [6.45, 7) is 14.2. The van der Waals surface area contributed by atoms with Crippen LogP contribution in [0, 0.1) is 11.3 Å². The molecule has 0 spiro atoms. The fourth-order valence-corrected chi connectivity index (χ4v) is 2.50. The number of nitrogens with one attached hydrogen (secondary N) is 1. The summed E-state index contributed by atoms with van der Waals surface area (Å²) in [6, 6.07) is 1.30. The molecule has 2 heteroatoms. The van der Waals surface area contributed by atoms with Crippen LogP contribution in [0.25, 0.3) is 0 Å². The second-order valence-corrected chi connectivity index (χ2v) is 7.03. The fourth-order valence-electron chi connectivity index (χ4n) is 2.50. The Bertz CT molecular complexity index is 213. The molecule has 0 aromatic heterocycles. The third kappa shape index (κ3) is 5.39. The van der Waals surface area contributed by atoms with Gasteiger partial charge in [0.15, 0.2) is 0 Å². The Hall–Kier alpha value is -0.0800. The maximum absolute atomic E-state index is 3.48. The summed E-state index contributed by atoms with van der Waals surface area (Å²) in [5.74, 6) is 1.00. The summed E-state index contributed by atoms with van der Waals surface area (Å²) in [6.07, 6.45) is 4.17. The standard InChI is InChI=1S/C15H32N2/c1-12(2)17(11-13-7-8-13)10-9-14(16-6)15(3,4)5/h12-14,16H,7-11H2,1-6H3. The van der Waals surface area contributed by atoms with E-state index in [-0.39, 0.29) is 0 Å². The molecule has 2 nitrogen and oxygen atoms in total. The molecule has 1 unspecified atom stereocenters. The van der Waals surface area contributed by atoms with Crippen molar-refractivity contribution in [2.75, 3.05) is 20.1 Å². The Kier molecular flexibility index (Phi) is 5.46. The van der Waals surface area contributed by atoms with Gasteiger partial charge in [0.2, 0.25) is 0 Å². The zero-order valence-corrected chi connectivity index (χ0v) is 12.7. The minimum atomic E-state index is 0.358. The molecule has 1 saturated carbocycles. The van der Waals surface area contributed by atoms with Gasteiger partial charge in [-0.1, -0.05) is 20.8 Å². The molecule has 0 radical (unpaired) electrons. The van der Waals surface area contributed by atoms with Gasteiger partial charge < -0.3 is 10.2 Å². The summed E-state index contributed by atoms with van der Waals surface area (Å²) in [5.41, 5.74) is 0.358. The van der Waals surface area contributed by atoms with E-state index in [4.69, 9.17) is 0 Å². The van der Waals surface area contributed by atoms with Crippen LogP contribution in [0.5, 0.6) is 0 Å². The molecule has 102 valence electrons. The second kappa shape index (κ2) is 6.19. The van der Waals surface area contributed by atoms with Crippen LogP contribution < -0.4 is 5.32 Å². The van der Waals surface area contributed by atoms with Gasteiger partial charge >= 0.3 is 0 Å². The van der Waals surface area contributed by atoms with E-state index in [2.05, 4.69) is 51.9 Å². The Labute approximate surface area is 108 Å². The highest BCUT2D eigenvalue weighted by atomic mass is 15.2. The van der Waals surface area contributed by atoms with Crippen molar-refractivity contribution in [1.82, 2.24) is 10.2 Å². The van der Waals surface area contributed by atoms with Gasteiger partial charge in [0.1, 0.15) is 0 Å². The molecular formula is C15H32N2. The van der Waals surface area contributed by atoms with E-state index >= 15 is 0 Å². The van der Waals surface area contributed by atoms with Gasteiger partial charge in [0.25, 0.3) is 0 Å². The summed E-state index contributed by atoms with van der Waals surface area (Å²) in [7, 11) is 2.09. The lowest BCUT2D eigenvalue weighted by molar-refractivity contribution is 0.176. The maximum atomic E-state index is 3.48. The van der Waals surface area contributed by atoms with Gasteiger partial charge in [-0.25, -0.2) is 0 Å². The quantitative estimate of drug-likeness (QED) is 0.735. The van der Waals surface area contributed by atoms with Crippen molar-refractivity contribution in [3.63, 3.8) is 0 Å². The lowest BCUT2D eigenvalue weighted by Crippen LogP contribution is -2.42. The highest BCUT2D eigenvalue weighted by molar-refractivity contribution is 4.83. The van der Waals surface area contributed by atoms with Gasteiger partial charge in [0, 0.05) is 18.6 Å². The molecular weight excluding hydrogens is 208 g/mol. The third-order valence-electron chi connectivity index (χ3n) is 4.02. The van der Waals surface area contributed by atoms with E-state index in [1.165, 1.54) is 32.4 Å². The average Bonchev–Trinajstić information content (AvgIpc) is 2.98. The molecule has 1 fully saturated rings. The zero-order chi connectivity index (χ0) is 13.1. The molecule has 1 aliphatic carbocycles. The normalized spacial score (nSPS) is 19.1. The summed E-state index contributed by atoms with van der Waals surface area (Å²) in [4.78, 5) is 2.66. The van der Waals surface area contributed by atoms with Crippen LogP contribution in [0.4, 0.5) is 0 Å². The van der Waals surface area contributed by atoms with E-state index in [0.29, 0.717) is 17.5 Å². The van der Waals surface area contributed by atoms with Crippen LogP contribution in [0.15, 0.2) is 0 Å². The van der Waals surface area contributed by atoms with E-state index in [9.17, 15) is 0 Å². The molecule has 0 bridgehead atoms. The first-order valence-electron chi connectivity index (χ1n) is 7.26. The molecule has 1 rings (SSSR count). The summed E-state index contributed by atoms with van der Waals surface area (Å²) < 4.78 is 0. The first kappa shape index (κ1) is 15.0. The lowest BCUT2D eigenvalue weighted by atomic mass is 9.84. The number of nitrogens with zero attached hydrogens (tertiary/aromatic N) is 1. The molecule has 0 aromatic carbocycles. The Morgan fingerprint density at radius 1 is 1.24 bits per heavy atom. The van der Waals surface area contributed by atoms with Crippen LogP contribution in [0.1, 0.15) is 53.9 Å². The second-order valence-electron chi connectivity index (χ2n) is 7.03. The van der Waals surface area contributed by atoms with E-state index in [0.717, 1.165) is 5.92 Å². The SMILES string of the molecule is CNC(CCN(CC1CC1)C(C)C)C(C)(C)C. The van der Waals surface area contributed by atoms with Gasteiger partial charge in [-0.3, -0.25) is 0 Å². The van der Waals surface area contributed by atoms with Crippen molar-refractivity contribution in [1.29, 1.82) is 0 Å². The molecule has 1 N–H and O–H groups in total. The van der Waals surface area contributed by atoms with Crippen molar-refractivity contribution >= 4 is 0 Å². The van der Waals surface area contributed by atoms with E-state index < -0.39 is 0 Å². The molecule has 17 heavy (non-hydrogen) atoms. The molecule has 1 aliphatic rings. The number of hydrogen-bond acceptors (Lipinski definition) is 2. The Balaban J connectivity index is 2.38. The van der Waals surface area contributed by atoms with Crippen LogP contribution in [0.2, 0.25) is 0 Å². The van der Waals surface area contributed by atoms with Gasteiger partial charge in [-0.2, -0.15) is 0 Å². The molecule has 0 amide bonds. The predicted octanol–water partition coefficient (Wildman–Crippen LogP) is 3.13. The van der Waals surface area contributed by atoms with Crippen molar-refractivity contribution < 1.29 is 0 Å². The van der Waals surface area contributed by atoms with Gasteiger partial charge in [0.05, 0.1) is 0 Å². The highest BCUT2D eigenvalue weighted by Gasteiger charge is 2.27. The third-order valence-corrected chi connectivity index (χ3v) is 4.02. The van der Waals surface area contributed by atoms with Crippen LogP contribution in [-0.2, 0) is 0 Å². The van der Waals surface area contributed by atoms with Crippen LogP contribution in [0.3, 0.4) is 0 Å². The largest absolute Gasteiger partial charge is 0.316 e.